The minimum Gasteiger partial charge on any atom is -0.397 e. The number of nitrogens with two attached hydrogens (primary N) is 1. The molecule has 1 rings (SSSR count). The standard InChI is InChI=1S/C10H15N3O2/c1-12-10(14)7-4-5-8(11)9(6-7)13(2)15-3/h4-6H,11H2,1-3H3,(H,12,14). The van der Waals surface area contributed by atoms with Crippen LogP contribution < -0.4 is 16.1 Å². The van der Waals surface area contributed by atoms with E-state index in [4.69, 9.17) is 10.6 Å². The van der Waals surface area contributed by atoms with E-state index >= 15 is 0 Å². The van der Waals surface area contributed by atoms with Crippen LogP contribution in [0.2, 0.25) is 0 Å². The molecule has 0 aromatic heterocycles. The Morgan fingerprint density at radius 1 is 1.53 bits per heavy atom. The van der Waals surface area contributed by atoms with E-state index in [2.05, 4.69) is 5.32 Å². The number of benzene rings is 1. The minimum absolute atomic E-state index is 0.152. The zero-order valence-corrected chi connectivity index (χ0v) is 9.07. The Morgan fingerprint density at radius 3 is 2.73 bits per heavy atom. The molecule has 0 saturated heterocycles. The van der Waals surface area contributed by atoms with Crippen LogP contribution in [0.15, 0.2) is 18.2 Å². The Kier molecular flexibility index (Phi) is 3.51. The molecule has 1 amide bonds. The van der Waals surface area contributed by atoms with E-state index in [1.54, 1.807) is 32.3 Å². The zero-order valence-electron chi connectivity index (χ0n) is 9.07. The molecule has 0 saturated carbocycles. The second-order valence-corrected chi connectivity index (χ2v) is 3.03. The van der Waals surface area contributed by atoms with Crippen molar-refractivity contribution in [1.82, 2.24) is 5.32 Å². The largest absolute Gasteiger partial charge is 0.397 e. The van der Waals surface area contributed by atoms with Crippen LogP contribution >= 0.6 is 0 Å². The zero-order chi connectivity index (χ0) is 11.4. The van der Waals surface area contributed by atoms with Gasteiger partial charge in [-0.15, -0.1) is 0 Å². The van der Waals surface area contributed by atoms with Gasteiger partial charge in [0.25, 0.3) is 5.91 Å². The number of nitrogens with one attached hydrogen (secondary N) is 1. The van der Waals surface area contributed by atoms with Gasteiger partial charge in [0.1, 0.15) is 0 Å². The first-order chi connectivity index (χ1) is 7.10. The fourth-order valence-electron chi connectivity index (χ4n) is 1.20. The number of hydroxylamine groups is 1. The molecule has 0 fully saturated rings. The Morgan fingerprint density at radius 2 is 2.20 bits per heavy atom. The number of nitrogen functional groups attached to an aromatic ring is 1. The van der Waals surface area contributed by atoms with Crippen molar-refractivity contribution < 1.29 is 9.63 Å². The van der Waals surface area contributed by atoms with Crippen molar-refractivity contribution in [3.8, 4) is 0 Å². The van der Waals surface area contributed by atoms with E-state index in [1.807, 2.05) is 0 Å². The molecule has 0 spiro atoms. The molecule has 5 heteroatoms. The third-order valence-electron chi connectivity index (χ3n) is 2.13. The van der Waals surface area contributed by atoms with E-state index < -0.39 is 0 Å². The van der Waals surface area contributed by atoms with Crippen molar-refractivity contribution >= 4 is 17.3 Å². The average molecular weight is 209 g/mol. The molecular formula is C10H15N3O2. The summed E-state index contributed by atoms with van der Waals surface area (Å²) in [7, 11) is 4.84. The summed E-state index contributed by atoms with van der Waals surface area (Å²) in [5, 5.41) is 4.05. The Balaban J connectivity index is 3.10. The molecule has 0 radical (unpaired) electrons. The Hall–Kier alpha value is -1.75. The summed E-state index contributed by atoms with van der Waals surface area (Å²) >= 11 is 0. The Bertz CT molecular complexity index is 366. The maximum atomic E-state index is 11.4. The van der Waals surface area contributed by atoms with Crippen molar-refractivity contribution in [2.45, 2.75) is 0 Å². The maximum Gasteiger partial charge on any atom is 0.251 e. The lowest BCUT2D eigenvalue weighted by Crippen LogP contribution is -2.20. The molecule has 82 valence electrons. The van der Waals surface area contributed by atoms with Gasteiger partial charge in [0.2, 0.25) is 0 Å². The fourth-order valence-corrected chi connectivity index (χ4v) is 1.20. The normalized spacial score (nSPS) is 9.80. The topological polar surface area (TPSA) is 67.6 Å². The molecule has 1 aromatic rings. The number of rotatable bonds is 3. The second-order valence-electron chi connectivity index (χ2n) is 3.03. The SMILES string of the molecule is CNC(=O)c1ccc(N)c(N(C)OC)c1. The number of carbonyl (C=O) groups excluding carboxylic acids is 1. The monoisotopic (exact) mass is 209 g/mol. The molecule has 15 heavy (non-hydrogen) atoms. The van der Waals surface area contributed by atoms with E-state index in [1.165, 1.54) is 12.2 Å². The van der Waals surface area contributed by atoms with Gasteiger partial charge in [0, 0.05) is 19.7 Å². The summed E-state index contributed by atoms with van der Waals surface area (Å²) in [6, 6.07) is 5.02. The van der Waals surface area contributed by atoms with E-state index in [0.29, 0.717) is 16.9 Å². The summed E-state index contributed by atoms with van der Waals surface area (Å²) < 4.78 is 0. The quantitative estimate of drug-likeness (QED) is 0.566. The lowest BCUT2D eigenvalue weighted by molar-refractivity contribution is 0.0963. The van der Waals surface area contributed by atoms with Crippen LogP contribution in [0.25, 0.3) is 0 Å². The number of carbonyl (C=O) groups is 1. The Labute approximate surface area is 88.8 Å². The molecule has 0 aliphatic heterocycles. The number of hydrogen-bond acceptors (Lipinski definition) is 4. The van der Waals surface area contributed by atoms with E-state index in [9.17, 15) is 4.79 Å². The van der Waals surface area contributed by atoms with E-state index in [-0.39, 0.29) is 5.91 Å². The number of nitrogens with zero attached hydrogens (tertiary/aromatic N) is 1. The van der Waals surface area contributed by atoms with Crippen LogP contribution in [0.4, 0.5) is 11.4 Å². The molecule has 0 heterocycles. The van der Waals surface area contributed by atoms with Gasteiger partial charge in [0.05, 0.1) is 18.5 Å². The number of amides is 1. The van der Waals surface area contributed by atoms with Gasteiger partial charge in [-0.2, -0.15) is 0 Å². The summed E-state index contributed by atoms with van der Waals surface area (Å²) in [5.41, 5.74) is 7.53. The molecule has 3 N–H and O–H groups in total. The van der Waals surface area contributed by atoms with Crippen LogP contribution in [0.1, 0.15) is 10.4 Å². The molecule has 0 aliphatic carbocycles. The van der Waals surface area contributed by atoms with Crippen molar-refractivity contribution in [3.63, 3.8) is 0 Å². The third kappa shape index (κ3) is 2.38. The first-order valence-electron chi connectivity index (χ1n) is 4.49. The van der Waals surface area contributed by atoms with E-state index in [0.717, 1.165) is 0 Å². The van der Waals surface area contributed by atoms with Gasteiger partial charge in [-0.25, -0.2) is 0 Å². The molecule has 0 aliphatic rings. The fraction of sp³-hybridized carbons (Fsp3) is 0.300. The summed E-state index contributed by atoms with van der Waals surface area (Å²) in [5.74, 6) is -0.152. The van der Waals surface area contributed by atoms with Gasteiger partial charge in [-0.3, -0.25) is 14.7 Å². The highest BCUT2D eigenvalue weighted by Gasteiger charge is 2.09. The molecule has 5 nitrogen and oxygen atoms in total. The van der Waals surface area contributed by atoms with Crippen LogP contribution in [-0.4, -0.2) is 27.1 Å². The first-order valence-corrected chi connectivity index (χ1v) is 4.49. The highest BCUT2D eigenvalue weighted by atomic mass is 16.7. The summed E-state index contributed by atoms with van der Waals surface area (Å²) in [6.45, 7) is 0. The smallest absolute Gasteiger partial charge is 0.251 e. The highest BCUT2D eigenvalue weighted by Crippen LogP contribution is 2.23. The number of anilines is 2. The van der Waals surface area contributed by atoms with Gasteiger partial charge >= 0.3 is 0 Å². The van der Waals surface area contributed by atoms with Gasteiger partial charge in [-0.1, -0.05) is 0 Å². The lowest BCUT2D eigenvalue weighted by Gasteiger charge is -2.18. The lowest BCUT2D eigenvalue weighted by atomic mass is 10.1. The first kappa shape index (κ1) is 11.3. The van der Waals surface area contributed by atoms with Crippen LogP contribution in [-0.2, 0) is 4.84 Å². The van der Waals surface area contributed by atoms with Crippen LogP contribution in [0, 0.1) is 0 Å². The van der Waals surface area contributed by atoms with Crippen molar-refractivity contribution in [2.24, 2.45) is 0 Å². The maximum absolute atomic E-state index is 11.4. The van der Waals surface area contributed by atoms with Gasteiger partial charge in [-0.05, 0) is 18.2 Å². The summed E-state index contributed by atoms with van der Waals surface area (Å²) in [4.78, 5) is 16.4. The third-order valence-corrected chi connectivity index (χ3v) is 2.13. The highest BCUT2D eigenvalue weighted by molar-refractivity contribution is 5.96. The molecular weight excluding hydrogens is 194 g/mol. The molecule has 0 unspecified atom stereocenters. The van der Waals surface area contributed by atoms with Crippen molar-refractivity contribution in [1.29, 1.82) is 0 Å². The van der Waals surface area contributed by atoms with Gasteiger partial charge in [0.15, 0.2) is 0 Å². The molecule has 1 aromatic carbocycles. The van der Waals surface area contributed by atoms with Crippen molar-refractivity contribution in [2.75, 3.05) is 32.0 Å². The average Bonchev–Trinajstić information content (AvgIpc) is 2.27. The predicted octanol–water partition coefficient (Wildman–Crippen LogP) is 0.626. The summed E-state index contributed by atoms with van der Waals surface area (Å²) in [6.07, 6.45) is 0. The second kappa shape index (κ2) is 4.65. The van der Waals surface area contributed by atoms with Crippen LogP contribution in [0.3, 0.4) is 0 Å². The van der Waals surface area contributed by atoms with Crippen LogP contribution in [0.5, 0.6) is 0 Å². The molecule has 0 atom stereocenters. The predicted molar refractivity (Wildman–Crippen MR) is 59.7 cm³/mol. The number of hydrogen-bond donors (Lipinski definition) is 2. The van der Waals surface area contributed by atoms with Gasteiger partial charge < -0.3 is 11.1 Å². The minimum atomic E-state index is -0.152. The van der Waals surface area contributed by atoms with Crippen molar-refractivity contribution in [3.05, 3.63) is 23.8 Å². The molecule has 0 bridgehead atoms.